The largest absolute Gasteiger partial charge is 0.398 e. The highest BCUT2D eigenvalue weighted by Crippen LogP contribution is 2.19. The maximum absolute atomic E-state index is 11.8. The normalized spacial score (nSPS) is 11.6. The van der Waals surface area contributed by atoms with E-state index in [0.717, 1.165) is 4.31 Å². The van der Waals surface area contributed by atoms with Crippen LogP contribution in [0.5, 0.6) is 0 Å². The minimum atomic E-state index is -3.30. The number of benzene rings is 1. The van der Waals surface area contributed by atoms with Gasteiger partial charge in [-0.05, 0) is 34.1 Å². The Labute approximate surface area is 121 Å². The molecule has 1 aromatic carbocycles. The summed E-state index contributed by atoms with van der Waals surface area (Å²) in [5.41, 5.74) is 6.51. The van der Waals surface area contributed by atoms with Crippen LogP contribution in [0.25, 0.3) is 0 Å². The Bertz CT molecular complexity index is 573. The fourth-order valence-corrected chi connectivity index (χ4v) is 2.23. The topological polar surface area (TPSA) is 92.5 Å². The van der Waals surface area contributed by atoms with Crippen molar-refractivity contribution in [3.05, 3.63) is 28.2 Å². The second kappa shape index (κ2) is 6.36. The molecule has 19 heavy (non-hydrogen) atoms. The third kappa shape index (κ3) is 4.48. The van der Waals surface area contributed by atoms with E-state index in [1.807, 2.05) is 0 Å². The van der Waals surface area contributed by atoms with Crippen LogP contribution in [0.1, 0.15) is 10.4 Å². The van der Waals surface area contributed by atoms with E-state index in [9.17, 15) is 13.2 Å². The summed E-state index contributed by atoms with van der Waals surface area (Å²) in [6.07, 6.45) is 0. The third-order valence-corrected chi connectivity index (χ3v) is 5.01. The van der Waals surface area contributed by atoms with Crippen LogP contribution in [0.3, 0.4) is 0 Å². The van der Waals surface area contributed by atoms with Crippen molar-refractivity contribution < 1.29 is 13.2 Å². The van der Waals surface area contributed by atoms with Gasteiger partial charge in [0.25, 0.3) is 5.91 Å². The Hall–Kier alpha value is -1.12. The van der Waals surface area contributed by atoms with Crippen molar-refractivity contribution in [3.8, 4) is 0 Å². The first-order valence-corrected chi connectivity index (χ1v) is 7.87. The summed E-state index contributed by atoms with van der Waals surface area (Å²) in [6, 6.07) is 4.80. The molecule has 6 nitrogen and oxygen atoms in total. The Morgan fingerprint density at radius 2 is 2.05 bits per heavy atom. The molecule has 0 aromatic heterocycles. The zero-order valence-electron chi connectivity index (χ0n) is 10.7. The van der Waals surface area contributed by atoms with E-state index in [4.69, 9.17) is 5.73 Å². The number of rotatable bonds is 5. The third-order valence-electron chi connectivity index (χ3n) is 2.46. The van der Waals surface area contributed by atoms with Crippen molar-refractivity contribution in [2.45, 2.75) is 0 Å². The summed E-state index contributed by atoms with van der Waals surface area (Å²) in [7, 11) is -0.403. The molecule has 1 amide bonds. The maximum atomic E-state index is 11.8. The molecule has 8 heteroatoms. The number of nitrogens with one attached hydrogen (secondary N) is 1. The average Bonchev–Trinajstić information content (AvgIpc) is 2.32. The molecule has 0 aliphatic heterocycles. The lowest BCUT2D eigenvalue weighted by atomic mass is 10.2. The molecule has 0 spiro atoms. The van der Waals surface area contributed by atoms with E-state index in [2.05, 4.69) is 21.2 Å². The fourth-order valence-electron chi connectivity index (χ4n) is 1.26. The number of nitrogen functional groups attached to an aromatic ring is 1. The zero-order valence-corrected chi connectivity index (χ0v) is 13.1. The minimum Gasteiger partial charge on any atom is -0.398 e. The number of hydrogen-bond acceptors (Lipinski definition) is 4. The van der Waals surface area contributed by atoms with Gasteiger partial charge >= 0.3 is 0 Å². The first-order chi connectivity index (χ1) is 8.74. The van der Waals surface area contributed by atoms with E-state index in [-0.39, 0.29) is 18.2 Å². The summed E-state index contributed by atoms with van der Waals surface area (Å²) >= 11 is 3.23. The Balaban J connectivity index is 2.59. The van der Waals surface area contributed by atoms with E-state index in [1.54, 1.807) is 12.1 Å². The fraction of sp³-hybridized carbons (Fsp3) is 0.364. The molecule has 0 aliphatic rings. The average molecular weight is 350 g/mol. The van der Waals surface area contributed by atoms with Crippen LogP contribution in [0.15, 0.2) is 22.7 Å². The summed E-state index contributed by atoms with van der Waals surface area (Å²) in [6.45, 7) is 0.0509. The van der Waals surface area contributed by atoms with Gasteiger partial charge in [-0.25, -0.2) is 12.7 Å². The van der Waals surface area contributed by atoms with Crippen molar-refractivity contribution >= 4 is 37.5 Å². The lowest BCUT2D eigenvalue weighted by Crippen LogP contribution is -2.33. The molecule has 0 unspecified atom stereocenters. The predicted molar refractivity (Wildman–Crippen MR) is 78.4 cm³/mol. The second-order valence-electron chi connectivity index (χ2n) is 4.09. The van der Waals surface area contributed by atoms with Gasteiger partial charge in [-0.3, -0.25) is 4.79 Å². The van der Waals surface area contributed by atoms with Crippen molar-refractivity contribution in [1.29, 1.82) is 0 Å². The maximum Gasteiger partial charge on any atom is 0.251 e. The van der Waals surface area contributed by atoms with Crippen LogP contribution in [-0.4, -0.2) is 45.0 Å². The highest BCUT2D eigenvalue weighted by Gasteiger charge is 2.14. The second-order valence-corrected chi connectivity index (χ2v) is 7.25. The van der Waals surface area contributed by atoms with Gasteiger partial charge in [0.1, 0.15) is 0 Å². The predicted octanol–water partition coefficient (Wildman–Crippen LogP) is 0.653. The first-order valence-electron chi connectivity index (χ1n) is 5.47. The molecule has 0 saturated carbocycles. The molecule has 106 valence electrons. The number of nitrogens with two attached hydrogens (primary N) is 1. The number of carbonyl (C=O) groups excluding carboxylic acids is 1. The standard InChI is InChI=1S/C11H16BrN3O3S/c1-15(2)19(17,18)6-5-14-11(16)8-3-4-9(12)10(13)7-8/h3-4,7H,5-6,13H2,1-2H3,(H,14,16). The van der Waals surface area contributed by atoms with Gasteiger partial charge in [0.2, 0.25) is 10.0 Å². The molecule has 0 radical (unpaired) electrons. The Morgan fingerprint density at radius 3 is 2.58 bits per heavy atom. The quantitative estimate of drug-likeness (QED) is 0.763. The number of hydrogen-bond donors (Lipinski definition) is 2. The van der Waals surface area contributed by atoms with Crippen LogP contribution in [-0.2, 0) is 10.0 Å². The van der Waals surface area contributed by atoms with Crippen LogP contribution in [0, 0.1) is 0 Å². The molecule has 0 saturated heterocycles. The van der Waals surface area contributed by atoms with Gasteiger partial charge in [0.15, 0.2) is 0 Å². The van der Waals surface area contributed by atoms with Crippen molar-refractivity contribution in [2.75, 3.05) is 32.1 Å². The minimum absolute atomic E-state index is 0.0509. The number of nitrogens with zero attached hydrogens (tertiary/aromatic N) is 1. The SMILES string of the molecule is CN(C)S(=O)(=O)CCNC(=O)c1ccc(Br)c(N)c1. The molecule has 1 aromatic rings. The summed E-state index contributed by atoms with van der Waals surface area (Å²) in [4.78, 5) is 11.8. The smallest absolute Gasteiger partial charge is 0.251 e. The first kappa shape index (κ1) is 15.9. The van der Waals surface area contributed by atoms with Crippen molar-refractivity contribution in [2.24, 2.45) is 0 Å². The molecule has 1 rings (SSSR count). The molecule has 0 aliphatic carbocycles. The molecular formula is C11H16BrN3O3S. The monoisotopic (exact) mass is 349 g/mol. The highest BCUT2D eigenvalue weighted by molar-refractivity contribution is 9.10. The van der Waals surface area contributed by atoms with E-state index < -0.39 is 10.0 Å². The van der Waals surface area contributed by atoms with Crippen molar-refractivity contribution in [3.63, 3.8) is 0 Å². The van der Waals surface area contributed by atoms with Crippen molar-refractivity contribution in [1.82, 2.24) is 9.62 Å². The van der Waals surface area contributed by atoms with Crippen LogP contribution in [0.2, 0.25) is 0 Å². The number of sulfonamides is 1. The number of halogens is 1. The molecule has 0 atom stereocenters. The summed E-state index contributed by atoms with van der Waals surface area (Å²) in [5, 5.41) is 2.54. The van der Waals surface area contributed by atoms with Crippen LogP contribution < -0.4 is 11.1 Å². The van der Waals surface area contributed by atoms with Gasteiger partial charge in [0.05, 0.1) is 5.75 Å². The lowest BCUT2D eigenvalue weighted by Gasteiger charge is -2.11. The van der Waals surface area contributed by atoms with E-state index in [0.29, 0.717) is 15.7 Å². The van der Waals surface area contributed by atoms with E-state index in [1.165, 1.54) is 20.2 Å². The number of carbonyl (C=O) groups is 1. The number of amides is 1. The molecule has 3 N–H and O–H groups in total. The van der Waals surface area contributed by atoms with E-state index >= 15 is 0 Å². The van der Waals surface area contributed by atoms with Crippen LogP contribution in [0.4, 0.5) is 5.69 Å². The lowest BCUT2D eigenvalue weighted by molar-refractivity contribution is 0.0956. The van der Waals surface area contributed by atoms with Gasteiger partial charge in [-0.2, -0.15) is 0 Å². The molecular weight excluding hydrogens is 334 g/mol. The van der Waals surface area contributed by atoms with Gasteiger partial charge < -0.3 is 11.1 Å². The Morgan fingerprint density at radius 1 is 1.42 bits per heavy atom. The summed E-state index contributed by atoms with van der Waals surface area (Å²) < 4.78 is 24.8. The van der Waals surface area contributed by atoms with Gasteiger partial charge in [0, 0.05) is 36.4 Å². The molecule has 0 heterocycles. The van der Waals surface area contributed by atoms with Crippen LogP contribution >= 0.6 is 15.9 Å². The molecule has 0 bridgehead atoms. The highest BCUT2D eigenvalue weighted by atomic mass is 79.9. The zero-order chi connectivity index (χ0) is 14.6. The summed E-state index contributed by atoms with van der Waals surface area (Å²) in [5.74, 6) is -0.495. The van der Waals surface area contributed by atoms with Gasteiger partial charge in [-0.1, -0.05) is 0 Å². The molecule has 0 fully saturated rings. The Kier molecular flexibility index (Phi) is 5.33. The number of anilines is 1. The van der Waals surface area contributed by atoms with Gasteiger partial charge in [-0.15, -0.1) is 0 Å².